The van der Waals surface area contributed by atoms with E-state index in [-0.39, 0.29) is 18.3 Å². The maximum absolute atomic E-state index is 12.1. The van der Waals surface area contributed by atoms with Crippen LogP contribution in [0.1, 0.15) is 10.5 Å². The molecule has 2 heterocycles. The van der Waals surface area contributed by atoms with Gasteiger partial charge in [0.25, 0.3) is 5.91 Å². The molecule has 1 aromatic carbocycles. The summed E-state index contributed by atoms with van der Waals surface area (Å²) in [5.41, 5.74) is 1.22. The first-order chi connectivity index (χ1) is 10.8. The summed E-state index contributed by atoms with van der Waals surface area (Å²) >= 11 is 0. The largest absolute Gasteiger partial charge is 0.349 e. The van der Waals surface area contributed by atoms with Crippen molar-refractivity contribution in [1.82, 2.24) is 30.5 Å². The molecule has 2 aromatic rings. The molecule has 0 spiro atoms. The van der Waals surface area contributed by atoms with Crippen LogP contribution >= 0.6 is 12.4 Å². The molecule has 3 rings (SSSR count). The van der Waals surface area contributed by atoms with E-state index in [1.807, 2.05) is 30.3 Å². The summed E-state index contributed by atoms with van der Waals surface area (Å²) in [4.78, 5) is 14.4. The molecule has 0 radical (unpaired) electrons. The van der Waals surface area contributed by atoms with Crippen molar-refractivity contribution in [2.24, 2.45) is 0 Å². The SMILES string of the molecule is Cl.O=C(NCCN1CCNCC1)c1cn(-c2ccccc2)nn1. The highest BCUT2D eigenvalue weighted by molar-refractivity contribution is 5.91. The number of rotatable bonds is 5. The molecule has 0 saturated carbocycles. The second-order valence-corrected chi connectivity index (χ2v) is 5.23. The van der Waals surface area contributed by atoms with Gasteiger partial charge >= 0.3 is 0 Å². The highest BCUT2D eigenvalue weighted by Crippen LogP contribution is 2.05. The van der Waals surface area contributed by atoms with Gasteiger partial charge in [-0.2, -0.15) is 0 Å². The molecule has 0 aliphatic carbocycles. The number of carbonyl (C=O) groups is 1. The van der Waals surface area contributed by atoms with Gasteiger partial charge in [0.2, 0.25) is 0 Å². The van der Waals surface area contributed by atoms with Crippen molar-refractivity contribution in [2.75, 3.05) is 39.3 Å². The number of nitrogens with zero attached hydrogens (tertiary/aromatic N) is 4. The van der Waals surface area contributed by atoms with Gasteiger partial charge in [0.15, 0.2) is 5.69 Å². The van der Waals surface area contributed by atoms with E-state index in [9.17, 15) is 4.79 Å². The molecule has 23 heavy (non-hydrogen) atoms. The first-order valence-corrected chi connectivity index (χ1v) is 7.52. The van der Waals surface area contributed by atoms with E-state index in [0.717, 1.165) is 38.4 Å². The summed E-state index contributed by atoms with van der Waals surface area (Å²) < 4.78 is 1.60. The zero-order valence-corrected chi connectivity index (χ0v) is 13.6. The van der Waals surface area contributed by atoms with E-state index < -0.39 is 0 Å². The Morgan fingerprint density at radius 1 is 1.22 bits per heavy atom. The molecule has 1 aromatic heterocycles. The predicted molar refractivity (Wildman–Crippen MR) is 90.2 cm³/mol. The Labute approximate surface area is 141 Å². The molecule has 0 bridgehead atoms. The smallest absolute Gasteiger partial charge is 0.273 e. The van der Waals surface area contributed by atoms with Crippen molar-refractivity contribution < 1.29 is 4.79 Å². The van der Waals surface area contributed by atoms with Crippen LogP contribution in [0.15, 0.2) is 36.5 Å². The van der Waals surface area contributed by atoms with Crippen LogP contribution in [0.5, 0.6) is 0 Å². The molecule has 1 saturated heterocycles. The minimum Gasteiger partial charge on any atom is -0.349 e. The van der Waals surface area contributed by atoms with E-state index in [4.69, 9.17) is 0 Å². The number of carbonyl (C=O) groups excluding carboxylic acids is 1. The van der Waals surface area contributed by atoms with Crippen LogP contribution in [0.4, 0.5) is 0 Å². The van der Waals surface area contributed by atoms with Crippen LogP contribution in [0.25, 0.3) is 5.69 Å². The molecule has 7 nitrogen and oxygen atoms in total. The van der Waals surface area contributed by atoms with Gasteiger partial charge in [0, 0.05) is 39.3 Å². The molecule has 8 heteroatoms. The number of aromatic nitrogens is 3. The van der Waals surface area contributed by atoms with E-state index in [1.54, 1.807) is 10.9 Å². The summed E-state index contributed by atoms with van der Waals surface area (Å²) in [6.07, 6.45) is 1.65. The molecular formula is C15H21ClN6O. The second-order valence-electron chi connectivity index (χ2n) is 5.23. The maximum atomic E-state index is 12.1. The number of amides is 1. The minimum absolute atomic E-state index is 0. The quantitative estimate of drug-likeness (QED) is 0.822. The van der Waals surface area contributed by atoms with Crippen LogP contribution in [-0.4, -0.2) is 65.1 Å². The molecule has 1 aliphatic heterocycles. The maximum Gasteiger partial charge on any atom is 0.273 e. The van der Waals surface area contributed by atoms with Gasteiger partial charge in [-0.3, -0.25) is 9.69 Å². The summed E-state index contributed by atoms with van der Waals surface area (Å²) in [7, 11) is 0. The zero-order chi connectivity index (χ0) is 15.2. The van der Waals surface area contributed by atoms with Gasteiger partial charge in [-0.05, 0) is 12.1 Å². The van der Waals surface area contributed by atoms with Gasteiger partial charge in [-0.1, -0.05) is 23.4 Å². The topological polar surface area (TPSA) is 75.1 Å². The Morgan fingerprint density at radius 2 is 1.96 bits per heavy atom. The van der Waals surface area contributed by atoms with Crippen LogP contribution in [0.2, 0.25) is 0 Å². The van der Waals surface area contributed by atoms with Crippen molar-refractivity contribution in [2.45, 2.75) is 0 Å². The van der Waals surface area contributed by atoms with Crippen molar-refractivity contribution in [3.05, 3.63) is 42.2 Å². The molecule has 2 N–H and O–H groups in total. The number of hydrogen-bond acceptors (Lipinski definition) is 5. The predicted octanol–water partition coefficient (Wildman–Crippen LogP) is 0.324. The van der Waals surface area contributed by atoms with Gasteiger partial charge in [-0.15, -0.1) is 17.5 Å². The van der Waals surface area contributed by atoms with Crippen LogP contribution < -0.4 is 10.6 Å². The molecule has 1 amide bonds. The number of piperazine rings is 1. The second kappa shape index (κ2) is 8.61. The summed E-state index contributed by atoms with van der Waals surface area (Å²) in [5.74, 6) is -0.183. The monoisotopic (exact) mass is 336 g/mol. The highest BCUT2D eigenvalue weighted by atomic mass is 35.5. The lowest BCUT2D eigenvalue weighted by atomic mass is 10.3. The lowest BCUT2D eigenvalue weighted by molar-refractivity contribution is 0.0942. The Kier molecular flexibility index (Phi) is 6.52. The Hall–Kier alpha value is -1.96. The molecule has 0 unspecified atom stereocenters. The molecule has 0 atom stereocenters. The van der Waals surface area contributed by atoms with E-state index in [0.29, 0.717) is 12.2 Å². The fourth-order valence-electron chi connectivity index (χ4n) is 2.43. The number of halogens is 1. The third-order valence-corrected chi connectivity index (χ3v) is 3.67. The number of benzene rings is 1. The van der Waals surface area contributed by atoms with E-state index >= 15 is 0 Å². The first-order valence-electron chi connectivity index (χ1n) is 7.52. The van der Waals surface area contributed by atoms with Crippen molar-refractivity contribution in [3.63, 3.8) is 0 Å². The third-order valence-electron chi connectivity index (χ3n) is 3.67. The number of para-hydroxylation sites is 1. The lowest BCUT2D eigenvalue weighted by Crippen LogP contribution is -2.46. The van der Waals surface area contributed by atoms with Gasteiger partial charge < -0.3 is 10.6 Å². The van der Waals surface area contributed by atoms with Gasteiger partial charge in [-0.25, -0.2) is 4.68 Å². The van der Waals surface area contributed by atoms with Crippen molar-refractivity contribution in [1.29, 1.82) is 0 Å². The fourth-order valence-corrected chi connectivity index (χ4v) is 2.43. The Bertz CT molecular complexity index is 611. The van der Waals surface area contributed by atoms with Crippen LogP contribution in [0.3, 0.4) is 0 Å². The van der Waals surface area contributed by atoms with Crippen LogP contribution in [-0.2, 0) is 0 Å². The molecule has 1 fully saturated rings. The van der Waals surface area contributed by atoms with Gasteiger partial charge in [0.1, 0.15) is 0 Å². The van der Waals surface area contributed by atoms with E-state index in [2.05, 4.69) is 25.8 Å². The van der Waals surface area contributed by atoms with Crippen molar-refractivity contribution >= 4 is 18.3 Å². The summed E-state index contributed by atoms with van der Waals surface area (Å²) in [6, 6.07) is 9.61. The first kappa shape index (κ1) is 17.4. The summed E-state index contributed by atoms with van der Waals surface area (Å²) in [6.45, 7) is 5.57. The molecular weight excluding hydrogens is 316 g/mol. The minimum atomic E-state index is -0.183. The fraction of sp³-hybridized carbons (Fsp3) is 0.400. The average Bonchev–Trinajstić information content (AvgIpc) is 3.07. The standard InChI is InChI=1S/C15H20N6O.ClH/c22-15(17-8-11-20-9-6-16-7-10-20)14-12-21(19-18-14)13-4-2-1-3-5-13;/h1-5,12,16H,6-11H2,(H,17,22);1H. The normalized spacial score (nSPS) is 15.0. The number of hydrogen-bond donors (Lipinski definition) is 2. The lowest BCUT2D eigenvalue weighted by Gasteiger charge is -2.26. The summed E-state index contributed by atoms with van der Waals surface area (Å²) in [5, 5.41) is 14.1. The van der Waals surface area contributed by atoms with Gasteiger partial charge in [0.05, 0.1) is 11.9 Å². The van der Waals surface area contributed by atoms with E-state index in [1.165, 1.54) is 0 Å². The zero-order valence-electron chi connectivity index (χ0n) is 12.8. The van der Waals surface area contributed by atoms with Crippen molar-refractivity contribution in [3.8, 4) is 5.69 Å². The average molecular weight is 337 g/mol. The third kappa shape index (κ3) is 4.75. The Morgan fingerprint density at radius 3 is 2.70 bits per heavy atom. The van der Waals surface area contributed by atoms with Crippen LogP contribution in [0, 0.1) is 0 Å². The highest BCUT2D eigenvalue weighted by Gasteiger charge is 2.13. The molecule has 1 aliphatic rings. The number of nitrogens with one attached hydrogen (secondary N) is 2. The Balaban J connectivity index is 0.00000192. The molecule has 124 valence electrons.